The SMILES string of the molecule is CC(C(=O)NC1CCN(C)CC1)N(c1cccc(F)c1)S(C)(=O)=O. The highest BCUT2D eigenvalue weighted by Gasteiger charge is 2.31. The van der Waals surface area contributed by atoms with Crippen molar-refractivity contribution in [2.75, 3.05) is 30.7 Å². The van der Waals surface area contributed by atoms with Crippen molar-refractivity contribution in [3.05, 3.63) is 30.1 Å². The minimum absolute atomic E-state index is 0.0325. The number of hydrogen-bond acceptors (Lipinski definition) is 4. The molecular formula is C16H24FN3O3S. The maximum atomic E-state index is 13.5. The highest BCUT2D eigenvalue weighted by atomic mass is 32.2. The van der Waals surface area contributed by atoms with E-state index in [-0.39, 0.29) is 17.6 Å². The molecule has 2 rings (SSSR count). The Morgan fingerprint density at radius 2 is 2.00 bits per heavy atom. The Morgan fingerprint density at radius 3 is 2.54 bits per heavy atom. The first-order valence-electron chi connectivity index (χ1n) is 7.92. The molecule has 1 aliphatic rings. The van der Waals surface area contributed by atoms with Gasteiger partial charge in [-0.15, -0.1) is 0 Å². The van der Waals surface area contributed by atoms with E-state index in [1.165, 1.54) is 25.1 Å². The average Bonchev–Trinajstić information content (AvgIpc) is 2.48. The Labute approximate surface area is 142 Å². The third kappa shape index (κ3) is 4.67. The Morgan fingerprint density at radius 1 is 1.38 bits per heavy atom. The number of piperidine rings is 1. The molecule has 1 amide bonds. The van der Waals surface area contributed by atoms with Crippen LogP contribution in [0.25, 0.3) is 0 Å². The first kappa shape index (κ1) is 18.7. The number of amides is 1. The molecule has 1 aromatic rings. The van der Waals surface area contributed by atoms with Gasteiger partial charge in [0.1, 0.15) is 11.9 Å². The predicted molar refractivity (Wildman–Crippen MR) is 91.8 cm³/mol. The molecule has 1 heterocycles. The van der Waals surface area contributed by atoms with Gasteiger partial charge < -0.3 is 10.2 Å². The maximum Gasteiger partial charge on any atom is 0.243 e. The van der Waals surface area contributed by atoms with Crippen molar-refractivity contribution in [1.82, 2.24) is 10.2 Å². The minimum Gasteiger partial charge on any atom is -0.351 e. The molecule has 8 heteroatoms. The van der Waals surface area contributed by atoms with Crippen molar-refractivity contribution in [1.29, 1.82) is 0 Å². The molecule has 0 radical (unpaired) electrons. The lowest BCUT2D eigenvalue weighted by Gasteiger charge is -2.32. The summed E-state index contributed by atoms with van der Waals surface area (Å²) >= 11 is 0. The quantitative estimate of drug-likeness (QED) is 0.859. The molecule has 0 aliphatic carbocycles. The number of rotatable bonds is 5. The van der Waals surface area contributed by atoms with E-state index in [0.717, 1.165) is 42.6 Å². The molecular weight excluding hydrogens is 333 g/mol. The highest BCUT2D eigenvalue weighted by Crippen LogP contribution is 2.22. The zero-order valence-electron chi connectivity index (χ0n) is 14.2. The zero-order valence-corrected chi connectivity index (χ0v) is 15.0. The Hall–Kier alpha value is -1.67. The van der Waals surface area contributed by atoms with Crippen LogP contribution in [0.15, 0.2) is 24.3 Å². The summed E-state index contributed by atoms with van der Waals surface area (Å²) in [5.74, 6) is -0.927. The van der Waals surface area contributed by atoms with Crippen LogP contribution in [0.1, 0.15) is 19.8 Å². The van der Waals surface area contributed by atoms with E-state index < -0.39 is 21.9 Å². The number of hydrogen-bond donors (Lipinski definition) is 1. The topological polar surface area (TPSA) is 69.7 Å². The molecule has 1 aromatic carbocycles. The van der Waals surface area contributed by atoms with Gasteiger partial charge in [-0.05, 0) is 58.1 Å². The number of nitrogens with one attached hydrogen (secondary N) is 1. The van der Waals surface area contributed by atoms with Gasteiger partial charge in [0, 0.05) is 6.04 Å². The average molecular weight is 357 g/mol. The second kappa shape index (κ2) is 7.48. The summed E-state index contributed by atoms with van der Waals surface area (Å²) in [6.45, 7) is 3.29. The van der Waals surface area contributed by atoms with Gasteiger partial charge >= 0.3 is 0 Å². The zero-order chi connectivity index (χ0) is 17.9. The summed E-state index contributed by atoms with van der Waals surface area (Å²) in [7, 11) is -1.71. The van der Waals surface area contributed by atoms with E-state index in [1.807, 2.05) is 7.05 Å². The van der Waals surface area contributed by atoms with E-state index >= 15 is 0 Å². The Bertz CT molecular complexity index is 688. The van der Waals surface area contributed by atoms with Gasteiger partial charge in [-0.2, -0.15) is 0 Å². The van der Waals surface area contributed by atoms with Gasteiger partial charge in [-0.25, -0.2) is 12.8 Å². The molecule has 0 spiro atoms. The van der Waals surface area contributed by atoms with Crippen LogP contribution < -0.4 is 9.62 Å². The van der Waals surface area contributed by atoms with Crippen LogP contribution in [-0.4, -0.2) is 57.7 Å². The van der Waals surface area contributed by atoms with Crippen LogP contribution in [0.4, 0.5) is 10.1 Å². The summed E-state index contributed by atoms with van der Waals surface area (Å²) in [5.41, 5.74) is 0.142. The van der Waals surface area contributed by atoms with Gasteiger partial charge in [0.05, 0.1) is 11.9 Å². The minimum atomic E-state index is -3.73. The van der Waals surface area contributed by atoms with E-state index in [0.29, 0.717) is 0 Å². The first-order chi connectivity index (χ1) is 11.2. The molecule has 1 N–H and O–H groups in total. The van der Waals surface area contributed by atoms with Crippen molar-refractivity contribution in [3.63, 3.8) is 0 Å². The number of likely N-dealkylation sites (tertiary alicyclic amines) is 1. The molecule has 1 aliphatic heterocycles. The van der Waals surface area contributed by atoms with Crippen molar-refractivity contribution < 1.29 is 17.6 Å². The number of carbonyl (C=O) groups is 1. The van der Waals surface area contributed by atoms with Crippen LogP contribution in [-0.2, 0) is 14.8 Å². The van der Waals surface area contributed by atoms with Crippen molar-refractivity contribution in [3.8, 4) is 0 Å². The predicted octanol–water partition coefficient (Wildman–Crippen LogP) is 1.19. The second-order valence-corrected chi connectivity index (χ2v) is 8.16. The summed E-state index contributed by atoms with van der Waals surface area (Å²) in [4.78, 5) is 14.7. The van der Waals surface area contributed by atoms with Crippen LogP contribution in [0.3, 0.4) is 0 Å². The fourth-order valence-corrected chi connectivity index (χ4v) is 4.06. The molecule has 0 saturated carbocycles. The summed E-state index contributed by atoms with van der Waals surface area (Å²) < 4.78 is 38.7. The summed E-state index contributed by atoms with van der Waals surface area (Å²) in [5, 5.41) is 2.91. The lowest BCUT2D eigenvalue weighted by Crippen LogP contribution is -2.52. The largest absolute Gasteiger partial charge is 0.351 e. The number of anilines is 1. The van der Waals surface area contributed by atoms with E-state index in [4.69, 9.17) is 0 Å². The number of nitrogens with zero attached hydrogens (tertiary/aromatic N) is 2. The van der Waals surface area contributed by atoms with Crippen LogP contribution in [0.5, 0.6) is 0 Å². The number of benzene rings is 1. The molecule has 1 saturated heterocycles. The molecule has 0 aromatic heterocycles. The van der Waals surface area contributed by atoms with Crippen LogP contribution >= 0.6 is 0 Å². The highest BCUT2D eigenvalue weighted by molar-refractivity contribution is 7.92. The molecule has 1 atom stereocenters. The Balaban J connectivity index is 2.16. The monoisotopic (exact) mass is 357 g/mol. The summed E-state index contributed by atoms with van der Waals surface area (Å²) in [6, 6.07) is 4.31. The second-order valence-electron chi connectivity index (χ2n) is 6.30. The van der Waals surface area contributed by atoms with Gasteiger partial charge in [0.2, 0.25) is 15.9 Å². The van der Waals surface area contributed by atoms with E-state index in [2.05, 4.69) is 10.2 Å². The van der Waals surface area contributed by atoms with Crippen molar-refractivity contribution in [2.45, 2.75) is 31.8 Å². The lowest BCUT2D eigenvalue weighted by atomic mass is 10.1. The number of carbonyl (C=O) groups excluding carboxylic acids is 1. The standard InChI is InChI=1S/C16H24FN3O3S/c1-12(16(21)18-14-7-9-19(2)10-8-14)20(24(3,22)23)15-6-4-5-13(17)11-15/h4-6,11-12,14H,7-10H2,1-3H3,(H,18,21). The Kier molecular flexibility index (Phi) is 5.82. The van der Waals surface area contributed by atoms with Crippen LogP contribution in [0.2, 0.25) is 0 Å². The fourth-order valence-electron chi connectivity index (χ4n) is 2.90. The number of sulfonamides is 1. The fraction of sp³-hybridized carbons (Fsp3) is 0.562. The first-order valence-corrected chi connectivity index (χ1v) is 9.77. The third-order valence-corrected chi connectivity index (χ3v) is 5.46. The maximum absolute atomic E-state index is 13.5. The molecule has 134 valence electrons. The van der Waals surface area contributed by atoms with Gasteiger partial charge in [-0.1, -0.05) is 6.07 Å². The van der Waals surface area contributed by atoms with E-state index in [9.17, 15) is 17.6 Å². The smallest absolute Gasteiger partial charge is 0.243 e. The van der Waals surface area contributed by atoms with Crippen molar-refractivity contribution in [2.24, 2.45) is 0 Å². The molecule has 0 bridgehead atoms. The van der Waals surface area contributed by atoms with Crippen LogP contribution in [0, 0.1) is 5.82 Å². The lowest BCUT2D eigenvalue weighted by molar-refractivity contribution is -0.122. The normalized spacial score (nSPS) is 18.2. The van der Waals surface area contributed by atoms with Crippen molar-refractivity contribution >= 4 is 21.6 Å². The third-order valence-electron chi connectivity index (χ3n) is 4.22. The van der Waals surface area contributed by atoms with E-state index in [1.54, 1.807) is 0 Å². The molecule has 1 fully saturated rings. The molecule has 1 unspecified atom stereocenters. The summed E-state index contributed by atoms with van der Waals surface area (Å²) in [6.07, 6.45) is 2.67. The van der Waals surface area contributed by atoms with Gasteiger partial charge in [-0.3, -0.25) is 9.10 Å². The van der Waals surface area contributed by atoms with Gasteiger partial charge in [0.15, 0.2) is 0 Å². The van der Waals surface area contributed by atoms with Gasteiger partial charge in [0.25, 0.3) is 0 Å². The molecule has 24 heavy (non-hydrogen) atoms. The number of halogens is 1. The molecule has 6 nitrogen and oxygen atoms in total.